The van der Waals surface area contributed by atoms with Crippen molar-refractivity contribution in [3.8, 4) is 28.1 Å². The molecule has 1 aliphatic rings. The number of fused-ring (bicyclic) bond motifs is 4. The minimum atomic E-state index is -2.29. The molecule has 0 radical (unpaired) electrons. The normalized spacial score (nSPS) is 13.3. The van der Waals surface area contributed by atoms with Gasteiger partial charge in [-0.15, -0.1) is 35.7 Å². The van der Waals surface area contributed by atoms with E-state index < -0.39 is 6.85 Å². The zero-order valence-corrected chi connectivity index (χ0v) is 34.4. The summed E-state index contributed by atoms with van der Waals surface area (Å²) < 4.78 is 26.7. The second-order valence-electron chi connectivity index (χ2n) is 14.7. The molecule has 0 saturated carbocycles. The van der Waals surface area contributed by atoms with E-state index in [0.717, 1.165) is 72.5 Å². The number of rotatable bonds is 8. The summed E-state index contributed by atoms with van der Waals surface area (Å²) in [7, 11) is 0. The predicted octanol–water partition coefficient (Wildman–Crippen LogP) is 13.2. The number of benzene rings is 7. The van der Waals surface area contributed by atoms with Crippen LogP contribution in [-0.4, -0.2) is 22.3 Å². The van der Waals surface area contributed by atoms with Gasteiger partial charge in [-0.05, 0) is 73.1 Å². The largest absolute Gasteiger partial charge is 2.00 e. The van der Waals surface area contributed by atoms with Gasteiger partial charge in [0.05, 0.1) is 23.7 Å². The zero-order chi connectivity index (χ0) is 41.0. The van der Waals surface area contributed by atoms with E-state index in [-0.39, 0.29) is 26.6 Å². The Morgan fingerprint density at radius 2 is 1.29 bits per heavy atom. The Labute approximate surface area is 358 Å². The van der Waals surface area contributed by atoms with Crippen LogP contribution in [0.15, 0.2) is 176 Å². The quantitative estimate of drug-likeness (QED) is 0.142. The first-order chi connectivity index (χ1) is 29.2. The summed E-state index contributed by atoms with van der Waals surface area (Å²) in [5.74, 6) is 0.514. The van der Waals surface area contributed by atoms with Gasteiger partial charge >= 0.3 is 21.1 Å². The third-order valence-electron chi connectivity index (χ3n) is 10.9. The number of anilines is 6. The van der Waals surface area contributed by atoms with Crippen LogP contribution in [0, 0.1) is 19.0 Å². The molecule has 3 heterocycles. The molecule has 7 aromatic carbocycles. The Bertz CT molecular complexity index is 2960. The summed E-state index contributed by atoms with van der Waals surface area (Å²) in [6.07, 6.45) is 1.58. The fourth-order valence-electron chi connectivity index (χ4n) is 8.27. The Hall–Kier alpha value is -6.42. The van der Waals surface area contributed by atoms with Gasteiger partial charge in [0.2, 0.25) is 0 Å². The van der Waals surface area contributed by atoms with E-state index in [9.17, 15) is 0 Å². The number of aromatic nitrogens is 2. The van der Waals surface area contributed by atoms with Crippen molar-refractivity contribution in [3.63, 3.8) is 0 Å². The molecule has 0 saturated heterocycles. The average molecular weight is 934 g/mol. The molecule has 0 fully saturated rings. The summed E-state index contributed by atoms with van der Waals surface area (Å²) in [4.78, 5) is 11.8. The summed E-state index contributed by atoms with van der Waals surface area (Å²) >= 11 is 0. The molecule has 0 N–H and O–H groups in total. The molecule has 10 rings (SSSR count). The number of hydrogen-bond donors (Lipinski definition) is 0. The van der Waals surface area contributed by atoms with Crippen molar-refractivity contribution < 1.29 is 25.2 Å². The molecule has 284 valence electrons. The molecule has 5 nitrogen and oxygen atoms in total. The van der Waals surface area contributed by atoms with Crippen LogP contribution >= 0.6 is 0 Å². The van der Waals surface area contributed by atoms with Crippen LogP contribution in [0.2, 0.25) is 0 Å². The van der Waals surface area contributed by atoms with E-state index in [1.54, 1.807) is 18.3 Å². The third kappa shape index (κ3) is 6.46. The van der Waals surface area contributed by atoms with E-state index in [0.29, 0.717) is 18.5 Å². The molecular formula is C52H41N5Pt. The molecular weight excluding hydrogens is 890 g/mol. The van der Waals surface area contributed by atoms with E-state index in [2.05, 4.69) is 168 Å². The predicted molar refractivity (Wildman–Crippen MR) is 238 cm³/mol. The van der Waals surface area contributed by atoms with Crippen molar-refractivity contribution in [1.29, 1.82) is 0 Å². The van der Waals surface area contributed by atoms with Gasteiger partial charge in [0.15, 0.2) is 0 Å². The minimum Gasteiger partial charge on any atom is -0.357 e. The van der Waals surface area contributed by atoms with Crippen LogP contribution < -0.4 is 14.7 Å². The van der Waals surface area contributed by atoms with E-state index in [4.69, 9.17) is 9.10 Å². The average Bonchev–Trinajstić information content (AvgIpc) is 3.84. The van der Waals surface area contributed by atoms with Crippen molar-refractivity contribution in [2.24, 2.45) is 0 Å². The summed E-state index contributed by atoms with van der Waals surface area (Å²) in [6, 6.07) is 66.3. The van der Waals surface area contributed by atoms with Crippen LogP contribution in [0.5, 0.6) is 0 Å². The molecule has 0 spiro atoms. The van der Waals surface area contributed by atoms with Crippen molar-refractivity contribution >= 4 is 55.9 Å². The molecule has 9 aromatic rings. The first-order valence-electron chi connectivity index (χ1n) is 20.9. The van der Waals surface area contributed by atoms with Gasteiger partial charge < -0.3 is 19.3 Å². The summed E-state index contributed by atoms with van der Waals surface area (Å²) in [5, 5.41) is 2.00. The van der Waals surface area contributed by atoms with Crippen molar-refractivity contribution in [1.82, 2.24) is 9.55 Å². The van der Waals surface area contributed by atoms with Gasteiger partial charge in [-0.1, -0.05) is 132 Å². The zero-order valence-electron chi connectivity index (χ0n) is 35.1. The van der Waals surface area contributed by atoms with Gasteiger partial charge in [0, 0.05) is 33.0 Å². The Morgan fingerprint density at radius 3 is 2.02 bits per heavy atom. The monoisotopic (exact) mass is 933 g/mol. The number of aryl methyl sites for hydroxylation is 1. The van der Waals surface area contributed by atoms with Crippen LogP contribution in [0.25, 0.3) is 49.9 Å². The second-order valence-corrected chi connectivity index (χ2v) is 14.7. The van der Waals surface area contributed by atoms with Crippen molar-refractivity contribution in [2.45, 2.75) is 26.7 Å². The Balaban J connectivity index is 0.00000476. The molecule has 0 aliphatic carbocycles. The molecule has 0 amide bonds. The third-order valence-corrected chi connectivity index (χ3v) is 10.9. The molecule has 0 atom stereocenters. The second kappa shape index (κ2) is 15.5. The molecule has 6 heteroatoms. The van der Waals surface area contributed by atoms with Gasteiger partial charge in [0.25, 0.3) is 0 Å². The molecule has 0 unspecified atom stereocenters. The maximum atomic E-state index is 8.21. The fourth-order valence-corrected chi connectivity index (χ4v) is 8.27. The molecule has 1 aliphatic heterocycles. The molecule has 0 bridgehead atoms. The maximum absolute atomic E-state index is 8.21. The van der Waals surface area contributed by atoms with Gasteiger partial charge in [0.1, 0.15) is 5.82 Å². The van der Waals surface area contributed by atoms with Crippen LogP contribution in [-0.2, 0) is 21.1 Å². The summed E-state index contributed by atoms with van der Waals surface area (Å²) in [6.45, 7) is 2.87. The first kappa shape index (κ1) is 33.7. The minimum absolute atomic E-state index is 0. The maximum Gasteiger partial charge on any atom is 2.00 e. The van der Waals surface area contributed by atoms with Crippen molar-refractivity contribution in [2.75, 3.05) is 21.4 Å². The van der Waals surface area contributed by atoms with Gasteiger partial charge in [-0.25, -0.2) is 4.98 Å². The Morgan fingerprint density at radius 1 is 0.638 bits per heavy atom. The first-order valence-corrected chi connectivity index (χ1v) is 19.4. The number of pyridine rings is 1. The van der Waals surface area contributed by atoms with Crippen LogP contribution in [0.4, 0.5) is 34.1 Å². The van der Waals surface area contributed by atoms with Crippen LogP contribution in [0.3, 0.4) is 0 Å². The SMILES string of the molecule is [2H]C([2H])([2H])c1ccnc(-n2c3[c-]c(N(c4[c-]c(N5CN(C(C)C)c6ccccc65)ccc4)c4c(-c5ccccc5)cccc4-c4ccccc4)ccc3c3ccccc32)c1.[Pt+2]. The number of para-hydroxylation sites is 4. The topological polar surface area (TPSA) is 27.5 Å². The Kier molecular flexibility index (Phi) is 9.00. The molecule has 2 aromatic heterocycles. The number of nitrogens with zero attached hydrogens (tertiary/aromatic N) is 5. The van der Waals surface area contributed by atoms with Gasteiger partial charge in [-0.3, -0.25) is 0 Å². The summed E-state index contributed by atoms with van der Waals surface area (Å²) in [5.41, 5.74) is 12.1. The van der Waals surface area contributed by atoms with E-state index in [1.165, 1.54) is 5.69 Å². The molecule has 58 heavy (non-hydrogen) atoms. The standard InChI is InChI=1S/C52H41N5.Pt/c1-36(2)54-35-55(49-27-13-12-26-48(49)54)40-20-14-21-41(33-40)56(52-43(38-16-6-4-7-17-38)23-15-24-44(52)39-18-8-5-9-19-39)42-28-29-46-45-22-10-11-25-47(45)57(50(46)34-42)51-32-37(3)30-31-53-51;/h4-32,36H,35H2,1-3H3;/q-2;+2/i3D3;. The number of hydrogen-bond acceptors (Lipinski definition) is 4. The van der Waals surface area contributed by atoms with Crippen LogP contribution in [0.1, 0.15) is 23.5 Å². The fraction of sp³-hybridized carbons (Fsp3) is 0.0962. The smallest absolute Gasteiger partial charge is 0.357 e. The van der Waals surface area contributed by atoms with E-state index >= 15 is 0 Å². The van der Waals surface area contributed by atoms with Gasteiger partial charge in [-0.2, -0.15) is 12.1 Å². The van der Waals surface area contributed by atoms with E-state index in [1.807, 2.05) is 34.9 Å². The van der Waals surface area contributed by atoms with Crippen molar-refractivity contribution in [3.05, 3.63) is 194 Å².